The largest absolute Gasteiger partial charge is 0.337 e. The molecule has 4 nitrogen and oxygen atoms in total. The van der Waals surface area contributed by atoms with Crippen LogP contribution in [-0.4, -0.2) is 10.1 Å². The van der Waals surface area contributed by atoms with Crippen molar-refractivity contribution >= 4 is 0 Å². The number of aromatic nitrogens is 2. The first-order valence-electron chi connectivity index (χ1n) is 8.80. The summed E-state index contributed by atoms with van der Waals surface area (Å²) in [6.07, 6.45) is 13.3. The zero-order valence-electron chi connectivity index (χ0n) is 13.3. The van der Waals surface area contributed by atoms with Gasteiger partial charge in [-0.25, -0.2) is 0 Å². The van der Waals surface area contributed by atoms with E-state index in [0.29, 0.717) is 11.8 Å². The van der Waals surface area contributed by atoms with Gasteiger partial charge in [0, 0.05) is 5.92 Å². The SMILES string of the molecule is CC1CCC(N)(c2nc(C3CCCCCCC3)no2)CC1. The van der Waals surface area contributed by atoms with Crippen LogP contribution in [0.5, 0.6) is 0 Å². The second kappa shape index (κ2) is 6.47. The molecule has 0 radical (unpaired) electrons. The third-order valence-corrected chi connectivity index (χ3v) is 5.50. The fraction of sp³-hybridized carbons (Fsp3) is 0.882. The van der Waals surface area contributed by atoms with Crippen LogP contribution in [0, 0.1) is 5.92 Å². The molecule has 2 fully saturated rings. The van der Waals surface area contributed by atoms with E-state index in [-0.39, 0.29) is 5.54 Å². The van der Waals surface area contributed by atoms with Gasteiger partial charge < -0.3 is 10.3 Å². The Morgan fingerprint density at radius 3 is 2.29 bits per heavy atom. The lowest BCUT2D eigenvalue weighted by atomic mass is 9.78. The first-order chi connectivity index (χ1) is 10.2. The number of nitrogens with zero attached hydrogens (tertiary/aromatic N) is 2. The molecule has 0 saturated heterocycles. The van der Waals surface area contributed by atoms with Gasteiger partial charge in [0.1, 0.15) is 0 Å². The summed E-state index contributed by atoms with van der Waals surface area (Å²) in [5, 5.41) is 4.29. The highest BCUT2D eigenvalue weighted by atomic mass is 16.5. The summed E-state index contributed by atoms with van der Waals surface area (Å²) in [6.45, 7) is 2.30. The second-order valence-electron chi connectivity index (χ2n) is 7.34. The smallest absolute Gasteiger partial charge is 0.246 e. The zero-order valence-corrected chi connectivity index (χ0v) is 13.3. The molecule has 2 aliphatic carbocycles. The van der Waals surface area contributed by atoms with E-state index < -0.39 is 0 Å². The van der Waals surface area contributed by atoms with Gasteiger partial charge in [-0.1, -0.05) is 44.2 Å². The molecule has 2 N–H and O–H groups in total. The lowest BCUT2D eigenvalue weighted by Crippen LogP contribution is -2.40. The summed E-state index contributed by atoms with van der Waals surface area (Å²) >= 11 is 0. The van der Waals surface area contributed by atoms with Crippen LogP contribution in [0.4, 0.5) is 0 Å². The van der Waals surface area contributed by atoms with Crippen molar-refractivity contribution in [3.63, 3.8) is 0 Å². The predicted octanol–water partition coefficient (Wildman–Crippen LogP) is 4.26. The highest BCUT2D eigenvalue weighted by Crippen LogP contribution is 2.37. The van der Waals surface area contributed by atoms with E-state index in [9.17, 15) is 0 Å². The van der Waals surface area contributed by atoms with Crippen molar-refractivity contribution in [3.8, 4) is 0 Å². The minimum Gasteiger partial charge on any atom is -0.337 e. The average molecular weight is 291 g/mol. The number of hydrogen-bond donors (Lipinski definition) is 1. The molecular formula is C17H29N3O. The van der Waals surface area contributed by atoms with Crippen molar-refractivity contribution in [2.24, 2.45) is 11.7 Å². The van der Waals surface area contributed by atoms with Gasteiger partial charge in [0.15, 0.2) is 5.82 Å². The third-order valence-electron chi connectivity index (χ3n) is 5.50. The predicted molar refractivity (Wildman–Crippen MR) is 82.9 cm³/mol. The maximum absolute atomic E-state index is 6.55. The van der Waals surface area contributed by atoms with Crippen molar-refractivity contribution in [2.45, 2.75) is 89.0 Å². The monoisotopic (exact) mass is 291 g/mol. The minimum atomic E-state index is -0.376. The van der Waals surface area contributed by atoms with E-state index >= 15 is 0 Å². The molecule has 0 aliphatic heterocycles. The Labute approximate surface area is 127 Å². The minimum absolute atomic E-state index is 0.376. The molecule has 118 valence electrons. The molecule has 2 aliphatic rings. The highest BCUT2D eigenvalue weighted by Gasteiger charge is 2.37. The van der Waals surface area contributed by atoms with E-state index in [1.54, 1.807) is 0 Å². The standard InChI is InChI=1S/C17H29N3O/c1-13-9-11-17(18,12-10-13)16-19-15(20-21-16)14-7-5-3-2-4-6-8-14/h13-14H,2-12,18H2,1H3. The normalized spacial score (nSPS) is 32.6. The van der Waals surface area contributed by atoms with Crippen LogP contribution in [0.1, 0.15) is 95.2 Å². The quantitative estimate of drug-likeness (QED) is 0.884. The summed E-state index contributed by atoms with van der Waals surface area (Å²) in [7, 11) is 0. The molecule has 0 amide bonds. The van der Waals surface area contributed by atoms with E-state index in [1.165, 1.54) is 44.9 Å². The zero-order chi connectivity index (χ0) is 14.7. The van der Waals surface area contributed by atoms with Crippen LogP contribution < -0.4 is 5.73 Å². The fourth-order valence-corrected chi connectivity index (χ4v) is 3.81. The van der Waals surface area contributed by atoms with Gasteiger partial charge in [0.05, 0.1) is 5.54 Å². The molecule has 2 saturated carbocycles. The topological polar surface area (TPSA) is 64.9 Å². The van der Waals surface area contributed by atoms with Crippen LogP contribution >= 0.6 is 0 Å². The van der Waals surface area contributed by atoms with E-state index in [2.05, 4.69) is 12.1 Å². The summed E-state index contributed by atoms with van der Waals surface area (Å²) in [5.74, 6) is 2.85. The van der Waals surface area contributed by atoms with Gasteiger partial charge in [-0.05, 0) is 44.4 Å². The van der Waals surface area contributed by atoms with Crippen LogP contribution in [-0.2, 0) is 5.54 Å². The lowest BCUT2D eigenvalue weighted by Gasteiger charge is -2.32. The molecule has 1 heterocycles. The molecule has 0 bridgehead atoms. The molecule has 0 aromatic carbocycles. The third kappa shape index (κ3) is 3.47. The van der Waals surface area contributed by atoms with E-state index in [0.717, 1.165) is 37.4 Å². The Morgan fingerprint density at radius 1 is 1.00 bits per heavy atom. The van der Waals surface area contributed by atoms with Crippen molar-refractivity contribution in [2.75, 3.05) is 0 Å². The Bertz CT molecular complexity index is 441. The Balaban J connectivity index is 1.70. The van der Waals surface area contributed by atoms with E-state index in [4.69, 9.17) is 15.2 Å². The van der Waals surface area contributed by atoms with Crippen molar-refractivity contribution < 1.29 is 4.52 Å². The van der Waals surface area contributed by atoms with Gasteiger partial charge >= 0.3 is 0 Å². The molecule has 3 rings (SSSR count). The Hall–Kier alpha value is -0.900. The average Bonchev–Trinajstić information content (AvgIpc) is 2.92. The van der Waals surface area contributed by atoms with Gasteiger partial charge in [0.25, 0.3) is 0 Å². The van der Waals surface area contributed by atoms with Crippen LogP contribution in [0.25, 0.3) is 0 Å². The molecule has 1 aromatic heterocycles. The fourth-order valence-electron chi connectivity index (χ4n) is 3.81. The summed E-state index contributed by atoms with van der Waals surface area (Å²) < 4.78 is 5.58. The highest BCUT2D eigenvalue weighted by molar-refractivity contribution is 5.06. The number of rotatable bonds is 2. The molecule has 1 aromatic rings. The van der Waals surface area contributed by atoms with Crippen molar-refractivity contribution in [1.82, 2.24) is 10.1 Å². The first kappa shape index (κ1) is 15.0. The molecule has 0 spiro atoms. The molecule has 4 heteroatoms. The second-order valence-corrected chi connectivity index (χ2v) is 7.34. The van der Waals surface area contributed by atoms with Crippen LogP contribution in [0.15, 0.2) is 4.52 Å². The van der Waals surface area contributed by atoms with Gasteiger partial charge in [0.2, 0.25) is 5.89 Å². The van der Waals surface area contributed by atoms with Gasteiger partial charge in [-0.3, -0.25) is 0 Å². The molecule has 21 heavy (non-hydrogen) atoms. The summed E-state index contributed by atoms with van der Waals surface area (Å²) in [4.78, 5) is 4.72. The Morgan fingerprint density at radius 2 is 1.62 bits per heavy atom. The number of hydrogen-bond acceptors (Lipinski definition) is 4. The Kier molecular flexibility index (Phi) is 4.63. The van der Waals surface area contributed by atoms with Crippen LogP contribution in [0.2, 0.25) is 0 Å². The molecule has 0 atom stereocenters. The lowest BCUT2D eigenvalue weighted by molar-refractivity contribution is 0.190. The summed E-state index contributed by atoms with van der Waals surface area (Å²) in [5.41, 5.74) is 6.17. The van der Waals surface area contributed by atoms with E-state index in [1.807, 2.05) is 0 Å². The number of nitrogens with two attached hydrogens (primary N) is 1. The van der Waals surface area contributed by atoms with Gasteiger partial charge in [-0.15, -0.1) is 0 Å². The van der Waals surface area contributed by atoms with Crippen LogP contribution in [0.3, 0.4) is 0 Å². The first-order valence-corrected chi connectivity index (χ1v) is 8.80. The van der Waals surface area contributed by atoms with Gasteiger partial charge in [-0.2, -0.15) is 4.98 Å². The van der Waals surface area contributed by atoms with Crippen molar-refractivity contribution in [1.29, 1.82) is 0 Å². The maximum atomic E-state index is 6.55. The molecule has 0 unspecified atom stereocenters. The molecular weight excluding hydrogens is 262 g/mol. The summed E-state index contributed by atoms with van der Waals surface area (Å²) in [6, 6.07) is 0. The van der Waals surface area contributed by atoms with Crippen molar-refractivity contribution in [3.05, 3.63) is 11.7 Å². The maximum Gasteiger partial charge on any atom is 0.246 e.